The third-order valence-electron chi connectivity index (χ3n) is 4.90. The van der Waals surface area contributed by atoms with Crippen LogP contribution in [0.25, 0.3) is 0 Å². The van der Waals surface area contributed by atoms with Crippen LogP contribution in [0, 0.1) is 10.8 Å². The van der Waals surface area contributed by atoms with Crippen molar-refractivity contribution in [2.45, 2.75) is 66.2 Å². The van der Waals surface area contributed by atoms with Crippen molar-refractivity contribution in [1.29, 1.82) is 0 Å². The molecule has 0 aromatic rings. The lowest BCUT2D eigenvalue weighted by Gasteiger charge is -2.33. The van der Waals surface area contributed by atoms with Crippen LogP contribution < -0.4 is 0 Å². The number of hydrogen-bond acceptors (Lipinski definition) is 0. The molecule has 18 heavy (non-hydrogen) atoms. The third-order valence-corrected chi connectivity index (χ3v) is 4.90. The van der Waals surface area contributed by atoms with Crippen LogP contribution >= 0.6 is 0 Å². The summed E-state index contributed by atoms with van der Waals surface area (Å²) in [5.41, 5.74) is 3.95. The van der Waals surface area contributed by atoms with Crippen LogP contribution in [0.2, 0.25) is 0 Å². The lowest BCUT2D eigenvalue weighted by Crippen LogP contribution is -2.20. The lowest BCUT2D eigenvalue weighted by atomic mass is 9.72. The van der Waals surface area contributed by atoms with Gasteiger partial charge in [-0.25, -0.2) is 0 Å². The zero-order chi connectivity index (χ0) is 13.2. The summed E-state index contributed by atoms with van der Waals surface area (Å²) in [6.45, 7) is 9.36. The molecular weight excluding hydrogens is 216 g/mol. The second kappa shape index (κ2) is 5.07. The van der Waals surface area contributed by atoms with Gasteiger partial charge in [0.1, 0.15) is 0 Å². The predicted octanol–water partition coefficient (Wildman–Crippen LogP) is 5.82. The number of hydrogen-bond donors (Lipinski definition) is 0. The van der Waals surface area contributed by atoms with Gasteiger partial charge in [0.05, 0.1) is 0 Å². The Labute approximate surface area is 113 Å². The van der Waals surface area contributed by atoms with Crippen molar-refractivity contribution in [3.8, 4) is 0 Å². The Hall–Kier alpha value is -0.780. The summed E-state index contributed by atoms with van der Waals surface area (Å²) in [6.07, 6.45) is 17.5. The molecule has 2 rings (SSSR count). The fourth-order valence-corrected chi connectivity index (χ4v) is 2.89. The van der Waals surface area contributed by atoms with Crippen LogP contribution in [0.15, 0.2) is 35.5 Å². The molecule has 2 atom stereocenters. The summed E-state index contributed by atoms with van der Waals surface area (Å²) in [4.78, 5) is 0. The van der Waals surface area contributed by atoms with E-state index in [1.54, 1.807) is 11.1 Å². The van der Waals surface area contributed by atoms with E-state index in [2.05, 4.69) is 52.0 Å². The van der Waals surface area contributed by atoms with E-state index >= 15 is 0 Å². The standard InChI is InChI=1S/C18H28/c1-15-5-9-17(3,10-6-15)13-14-18(4)11-7-16(2)8-12-18/h5,7,13-14H,6,8-12H2,1-4H3. The molecule has 100 valence electrons. The molecule has 0 bridgehead atoms. The molecule has 0 amide bonds. The van der Waals surface area contributed by atoms with Gasteiger partial charge in [0.2, 0.25) is 0 Å². The first-order valence-corrected chi connectivity index (χ1v) is 7.43. The average Bonchev–Trinajstić information content (AvgIpc) is 2.36. The highest BCUT2D eigenvalue weighted by Gasteiger charge is 2.27. The highest BCUT2D eigenvalue weighted by atomic mass is 14.3. The number of allylic oxidation sites excluding steroid dienone is 6. The monoisotopic (exact) mass is 244 g/mol. The highest BCUT2D eigenvalue weighted by molar-refractivity contribution is 5.16. The van der Waals surface area contributed by atoms with Gasteiger partial charge in [-0.05, 0) is 63.2 Å². The van der Waals surface area contributed by atoms with Crippen LogP contribution in [0.3, 0.4) is 0 Å². The Kier molecular flexibility index (Phi) is 3.84. The molecule has 0 saturated carbocycles. The Morgan fingerprint density at radius 1 is 0.833 bits per heavy atom. The zero-order valence-corrected chi connectivity index (χ0v) is 12.6. The van der Waals surface area contributed by atoms with Crippen molar-refractivity contribution in [1.82, 2.24) is 0 Å². The zero-order valence-electron chi connectivity index (χ0n) is 12.6. The van der Waals surface area contributed by atoms with E-state index in [-0.39, 0.29) is 0 Å². The fourth-order valence-electron chi connectivity index (χ4n) is 2.89. The summed E-state index contributed by atoms with van der Waals surface area (Å²) >= 11 is 0. The summed E-state index contributed by atoms with van der Waals surface area (Å²) in [6, 6.07) is 0. The fraction of sp³-hybridized carbons (Fsp3) is 0.667. The van der Waals surface area contributed by atoms with E-state index < -0.39 is 0 Å². The van der Waals surface area contributed by atoms with Crippen LogP contribution in [0.1, 0.15) is 66.2 Å². The van der Waals surface area contributed by atoms with Crippen LogP contribution in [0.4, 0.5) is 0 Å². The summed E-state index contributed by atoms with van der Waals surface area (Å²) < 4.78 is 0. The van der Waals surface area contributed by atoms with Gasteiger partial charge >= 0.3 is 0 Å². The van der Waals surface area contributed by atoms with Gasteiger partial charge in [0, 0.05) is 0 Å². The normalized spacial score (nSPS) is 37.6. The maximum Gasteiger partial charge on any atom is -0.0109 e. The van der Waals surface area contributed by atoms with Crippen molar-refractivity contribution in [3.05, 3.63) is 35.5 Å². The van der Waals surface area contributed by atoms with Crippen LogP contribution in [-0.2, 0) is 0 Å². The molecule has 2 unspecified atom stereocenters. The summed E-state index contributed by atoms with van der Waals surface area (Å²) in [5.74, 6) is 0. The lowest BCUT2D eigenvalue weighted by molar-refractivity contribution is 0.348. The Balaban J connectivity index is 2.03. The smallest absolute Gasteiger partial charge is 0.0109 e. The molecule has 2 aliphatic carbocycles. The first-order valence-electron chi connectivity index (χ1n) is 7.43. The van der Waals surface area contributed by atoms with Gasteiger partial charge in [-0.15, -0.1) is 0 Å². The molecule has 0 fully saturated rings. The van der Waals surface area contributed by atoms with Crippen LogP contribution in [0.5, 0.6) is 0 Å². The summed E-state index contributed by atoms with van der Waals surface area (Å²) in [5, 5.41) is 0. The van der Waals surface area contributed by atoms with E-state index in [9.17, 15) is 0 Å². The minimum absolute atomic E-state index is 0.402. The first-order chi connectivity index (χ1) is 8.41. The molecular formula is C18H28. The minimum atomic E-state index is 0.402. The number of rotatable bonds is 2. The second-order valence-corrected chi connectivity index (χ2v) is 7.15. The van der Waals surface area contributed by atoms with E-state index in [0.717, 1.165) is 0 Å². The van der Waals surface area contributed by atoms with Gasteiger partial charge in [-0.3, -0.25) is 0 Å². The van der Waals surface area contributed by atoms with E-state index in [4.69, 9.17) is 0 Å². The molecule has 0 heterocycles. The van der Waals surface area contributed by atoms with Gasteiger partial charge < -0.3 is 0 Å². The molecule has 0 nitrogen and oxygen atoms in total. The second-order valence-electron chi connectivity index (χ2n) is 7.15. The van der Waals surface area contributed by atoms with Gasteiger partial charge in [0.25, 0.3) is 0 Å². The molecule has 0 radical (unpaired) electrons. The predicted molar refractivity (Wildman–Crippen MR) is 80.6 cm³/mol. The molecule has 0 N–H and O–H groups in total. The van der Waals surface area contributed by atoms with Gasteiger partial charge in [-0.1, -0.05) is 49.3 Å². The average molecular weight is 244 g/mol. The minimum Gasteiger partial charge on any atom is -0.0848 e. The quantitative estimate of drug-likeness (QED) is 0.537. The van der Waals surface area contributed by atoms with Crippen LogP contribution in [-0.4, -0.2) is 0 Å². The molecule has 0 spiro atoms. The van der Waals surface area contributed by atoms with Gasteiger partial charge in [0.15, 0.2) is 0 Å². The molecule has 0 saturated heterocycles. The van der Waals surface area contributed by atoms with Crippen molar-refractivity contribution in [2.75, 3.05) is 0 Å². The highest BCUT2D eigenvalue weighted by Crippen LogP contribution is 2.41. The SMILES string of the molecule is CC1=CCC(C)(C=CC2(C)CC=C(C)CC2)CC1. The first kappa shape index (κ1) is 13.6. The summed E-state index contributed by atoms with van der Waals surface area (Å²) in [7, 11) is 0. The Morgan fingerprint density at radius 2 is 1.22 bits per heavy atom. The topological polar surface area (TPSA) is 0 Å². The van der Waals surface area contributed by atoms with Crippen molar-refractivity contribution in [2.24, 2.45) is 10.8 Å². The largest absolute Gasteiger partial charge is 0.0848 e. The Bertz CT molecular complexity index is 358. The molecule has 0 aromatic heterocycles. The van der Waals surface area contributed by atoms with Crippen molar-refractivity contribution in [3.63, 3.8) is 0 Å². The van der Waals surface area contributed by atoms with E-state index in [1.165, 1.54) is 38.5 Å². The maximum absolute atomic E-state index is 2.52. The van der Waals surface area contributed by atoms with Gasteiger partial charge in [-0.2, -0.15) is 0 Å². The molecule has 0 heteroatoms. The molecule has 2 aliphatic rings. The van der Waals surface area contributed by atoms with E-state index in [1.807, 2.05) is 0 Å². The van der Waals surface area contributed by atoms with Crippen molar-refractivity contribution < 1.29 is 0 Å². The Morgan fingerprint density at radius 3 is 1.50 bits per heavy atom. The maximum atomic E-state index is 2.52. The third kappa shape index (κ3) is 3.37. The van der Waals surface area contributed by atoms with E-state index in [0.29, 0.717) is 10.8 Å². The molecule has 0 aromatic carbocycles. The molecule has 0 aliphatic heterocycles. The van der Waals surface area contributed by atoms with Crippen molar-refractivity contribution >= 4 is 0 Å².